The summed E-state index contributed by atoms with van der Waals surface area (Å²) in [5.41, 5.74) is 2.15. The minimum Gasteiger partial charge on any atom is -0.491 e. The first kappa shape index (κ1) is 14.4. The number of nitrogens with zero attached hydrogens (tertiary/aromatic N) is 2. The van der Waals surface area contributed by atoms with E-state index in [1.54, 1.807) is 10.9 Å². The third-order valence-corrected chi connectivity index (χ3v) is 3.32. The molecule has 1 unspecified atom stereocenters. The van der Waals surface area contributed by atoms with Crippen LogP contribution in [0.2, 0.25) is 0 Å². The van der Waals surface area contributed by atoms with Gasteiger partial charge in [0.15, 0.2) is 0 Å². The topological polar surface area (TPSA) is 47.3 Å². The summed E-state index contributed by atoms with van der Waals surface area (Å²) < 4.78 is 7.28. The molecule has 0 radical (unpaired) electrons. The lowest BCUT2D eigenvalue weighted by Crippen LogP contribution is -2.23. The molecule has 22 heavy (non-hydrogen) atoms. The molecule has 1 N–H and O–H groups in total. The van der Waals surface area contributed by atoms with Gasteiger partial charge in [-0.1, -0.05) is 48.5 Å². The molecule has 3 aromatic rings. The van der Waals surface area contributed by atoms with Gasteiger partial charge >= 0.3 is 0 Å². The molecule has 0 spiro atoms. The van der Waals surface area contributed by atoms with Gasteiger partial charge in [0, 0.05) is 11.8 Å². The van der Waals surface area contributed by atoms with Gasteiger partial charge in [-0.25, -0.2) is 0 Å². The molecule has 3 rings (SSSR count). The second kappa shape index (κ2) is 6.91. The van der Waals surface area contributed by atoms with Gasteiger partial charge < -0.3 is 9.84 Å². The van der Waals surface area contributed by atoms with E-state index in [2.05, 4.69) is 5.10 Å². The Labute approximate surface area is 129 Å². The molecule has 2 aromatic carbocycles. The van der Waals surface area contributed by atoms with E-state index in [4.69, 9.17) is 4.74 Å². The number of benzene rings is 2. The van der Waals surface area contributed by atoms with Crippen molar-refractivity contribution < 1.29 is 9.84 Å². The standard InChI is InChI=1S/C18H18N2O2/c21-17(14-22-18-9-5-2-6-10-18)13-20-12-16(11-19-20)15-7-3-1-4-8-15/h1-12,17,21H,13-14H2. The molecule has 0 bridgehead atoms. The Morgan fingerprint density at radius 1 is 0.955 bits per heavy atom. The first-order valence-electron chi connectivity index (χ1n) is 7.25. The van der Waals surface area contributed by atoms with Crippen LogP contribution in [-0.2, 0) is 6.54 Å². The zero-order valence-electron chi connectivity index (χ0n) is 12.2. The smallest absolute Gasteiger partial charge is 0.119 e. The molecular formula is C18H18N2O2. The summed E-state index contributed by atoms with van der Waals surface area (Å²) in [4.78, 5) is 0. The van der Waals surface area contributed by atoms with Gasteiger partial charge in [-0.15, -0.1) is 0 Å². The van der Waals surface area contributed by atoms with Gasteiger partial charge in [0.05, 0.1) is 12.7 Å². The minimum atomic E-state index is -0.608. The molecule has 4 nitrogen and oxygen atoms in total. The SMILES string of the molecule is OC(COc1ccccc1)Cn1cc(-c2ccccc2)cn1. The number of aliphatic hydroxyl groups is 1. The molecule has 0 amide bonds. The largest absolute Gasteiger partial charge is 0.491 e. The monoisotopic (exact) mass is 294 g/mol. The maximum absolute atomic E-state index is 10.1. The second-order valence-electron chi connectivity index (χ2n) is 5.09. The molecule has 1 heterocycles. The number of hydrogen-bond donors (Lipinski definition) is 1. The summed E-state index contributed by atoms with van der Waals surface area (Å²) in [6.07, 6.45) is 3.13. The summed E-state index contributed by atoms with van der Waals surface area (Å²) in [6, 6.07) is 19.5. The van der Waals surface area contributed by atoms with Crippen molar-refractivity contribution in [3.63, 3.8) is 0 Å². The molecule has 0 aliphatic carbocycles. The number of aromatic nitrogens is 2. The molecule has 112 valence electrons. The zero-order valence-corrected chi connectivity index (χ0v) is 12.2. The van der Waals surface area contributed by atoms with Crippen molar-refractivity contribution in [2.45, 2.75) is 12.6 Å². The Balaban J connectivity index is 1.56. The van der Waals surface area contributed by atoms with E-state index in [0.29, 0.717) is 6.54 Å². The number of aliphatic hydroxyl groups excluding tert-OH is 1. The quantitative estimate of drug-likeness (QED) is 0.760. The van der Waals surface area contributed by atoms with Crippen molar-refractivity contribution >= 4 is 0 Å². The highest BCUT2D eigenvalue weighted by Gasteiger charge is 2.08. The Morgan fingerprint density at radius 3 is 2.36 bits per heavy atom. The lowest BCUT2D eigenvalue weighted by Gasteiger charge is -2.12. The van der Waals surface area contributed by atoms with Gasteiger partial charge in [-0.2, -0.15) is 5.10 Å². The predicted molar refractivity (Wildman–Crippen MR) is 85.6 cm³/mol. The van der Waals surface area contributed by atoms with E-state index in [9.17, 15) is 5.11 Å². The highest BCUT2D eigenvalue weighted by molar-refractivity contribution is 5.61. The van der Waals surface area contributed by atoms with Crippen molar-refractivity contribution in [1.29, 1.82) is 0 Å². The number of ether oxygens (including phenoxy) is 1. The fourth-order valence-electron chi connectivity index (χ4n) is 2.22. The van der Waals surface area contributed by atoms with Crippen molar-refractivity contribution in [3.05, 3.63) is 73.1 Å². The van der Waals surface area contributed by atoms with Crippen LogP contribution in [-0.4, -0.2) is 27.6 Å². The molecule has 1 atom stereocenters. The second-order valence-corrected chi connectivity index (χ2v) is 5.09. The molecular weight excluding hydrogens is 276 g/mol. The fraction of sp³-hybridized carbons (Fsp3) is 0.167. The van der Waals surface area contributed by atoms with Crippen molar-refractivity contribution in [1.82, 2.24) is 9.78 Å². The van der Waals surface area contributed by atoms with Gasteiger partial charge in [0.2, 0.25) is 0 Å². The summed E-state index contributed by atoms with van der Waals surface area (Å²) >= 11 is 0. The molecule has 0 fully saturated rings. The number of rotatable bonds is 6. The number of hydrogen-bond acceptors (Lipinski definition) is 3. The van der Waals surface area contributed by atoms with Crippen molar-refractivity contribution in [2.24, 2.45) is 0 Å². The Morgan fingerprint density at radius 2 is 1.64 bits per heavy atom. The van der Waals surface area contributed by atoms with E-state index in [1.807, 2.05) is 66.9 Å². The van der Waals surface area contributed by atoms with Crippen LogP contribution in [0.25, 0.3) is 11.1 Å². The lowest BCUT2D eigenvalue weighted by atomic mass is 10.1. The van der Waals surface area contributed by atoms with Gasteiger partial charge in [0.1, 0.15) is 18.5 Å². The minimum absolute atomic E-state index is 0.241. The maximum Gasteiger partial charge on any atom is 0.119 e. The molecule has 1 aromatic heterocycles. The highest BCUT2D eigenvalue weighted by Crippen LogP contribution is 2.17. The van der Waals surface area contributed by atoms with Crippen molar-refractivity contribution in [3.8, 4) is 16.9 Å². The maximum atomic E-state index is 10.1. The zero-order chi connectivity index (χ0) is 15.2. The Hall–Kier alpha value is -2.59. The molecule has 0 aliphatic rings. The van der Waals surface area contributed by atoms with Gasteiger partial charge in [-0.3, -0.25) is 4.68 Å². The highest BCUT2D eigenvalue weighted by atomic mass is 16.5. The van der Waals surface area contributed by atoms with E-state index in [1.165, 1.54) is 0 Å². The summed E-state index contributed by atoms with van der Waals surface area (Å²) in [5.74, 6) is 0.756. The van der Waals surface area contributed by atoms with Crippen LogP contribution in [0.4, 0.5) is 0 Å². The average molecular weight is 294 g/mol. The Kier molecular flexibility index (Phi) is 4.51. The van der Waals surface area contributed by atoms with E-state index in [0.717, 1.165) is 16.9 Å². The molecule has 0 aliphatic heterocycles. The third kappa shape index (κ3) is 3.74. The van der Waals surface area contributed by atoms with Crippen LogP contribution in [0.1, 0.15) is 0 Å². The van der Waals surface area contributed by atoms with Crippen LogP contribution in [0.5, 0.6) is 5.75 Å². The molecule has 0 saturated heterocycles. The van der Waals surface area contributed by atoms with Crippen LogP contribution < -0.4 is 4.74 Å². The van der Waals surface area contributed by atoms with Crippen LogP contribution in [0, 0.1) is 0 Å². The lowest BCUT2D eigenvalue weighted by molar-refractivity contribution is 0.0893. The van der Waals surface area contributed by atoms with Crippen molar-refractivity contribution in [2.75, 3.05) is 6.61 Å². The fourth-order valence-corrected chi connectivity index (χ4v) is 2.22. The van der Waals surface area contributed by atoms with Crippen LogP contribution in [0.15, 0.2) is 73.1 Å². The van der Waals surface area contributed by atoms with Gasteiger partial charge in [0.25, 0.3) is 0 Å². The summed E-state index contributed by atoms with van der Waals surface area (Å²) in [6.45, 7) is 0.643. The first-order valence-corrected chi connectivity index (χ1v) is 7.25. The van der Waals surface area contributed by atoms with Crippen LogP contribution in [0.3, 0.4) is 0 Å². The summed E-state index contributed by atoms with van der Waals surface area (Å²) in [5, 5.41) is 14.3. The first-order chi connectivity index (χ1) is 10.8. The normalized spacial score (nSPS) is 12.0. The van der Waals surface area contributed by atoms with E-state index in [-0.39, 0.29) is 6.61 Å². The molecule has 0 saturated carbocycles. The molecule has 4 heteroatoms. The Bertz CT molecular complexity index is 695. The summed E-state index contributed by atoms with van der Waals surface area (Å²) in [7, 11) is 0. The van der Waals surface area contributed by atoms with Crippen LogP contribution >= 0.6 is 0 Å². The van der Waals surface area contributed by atoms with E-state index < -0.39 is 6.10 Å². The number of para-hydroxylation sites is 1. The average Bonchev–Trinajstić information content (AvgIpc) is 3.03. The predicted octanol–water partition coefficient (Wildman–Crippen LogP) is 2.99. The van der Waals surface area contributed by atoms with E-state index >= 15 is 0 Å². The third-order valence-electron chi connectivity index (χ3n) is 3.32. The van der Waals surface area contributed by atoms with Gasteiger partial charge in [-0.05, 0) is 17.7 Å².